The van der Waals surface area contributed by atoms with E-state index in [1.54, 1.807) is 36.4 Å². The Morgan fingerprint density at radius 1 is 1.07 bits per heavy atom. The van der Waals surface area contributed by atoms with Crippen molar-refractivity contribution < 1.29 is 18.7 Å². The molecular formula is C23H25FN2O3. The number of halogens is 1. The Labute approximate surface area is 170 Å². The van der Waals surface area contributed by atoms with Crippen molar-refractivity contribution in [1.82, 2.24) is 4.90 Å². The smallest absolute Gasteiger partial charge is 0.278 e. The van der Waals surface area contributed by atoms with Gasteiger partial charge >= 0.3 is 0 Å². The summed E-state index contributed by atoms with van der Waals surface area (Å²) in [5, 5.41) is 2.96. The molecule has 3 rings (SSSR count). The Morgan fingerprint density at radius 3 is 2.41 bits per heavy atom. The number of imide groups is 1. The molecule has 0 saturated heterocycles. The first-order valence-electron chi connectivity index (χ1n) is 9.77. The minimum absolute atomic E-state index is 0.127. The van der Waals surface area contributed by atoms with E-state index in [4.69, 9.17) is 4.74 Å². The number of amides is 2. The minimum atomic E-state index is -0.426. The monoisotopic (exact) mass is 396 g/mol. The second-order valence-electron chi connectivity index (χ2n) is 7.37. The fraction of sp³-hybridized carbons (Fsp3) is 0.304. The van der Waals surface area contributed by atoms with E-state index in [2.05, 4.69) is 5.32 Å². The van der Waals surface area contributed by atoms with Gasteiger partial charge in [0.05, 0.1) is 12.2 Å². The van der Waals surface area contributed by atoms with Gasteiger partial charge in [0.15, 0.2) is 0 Å². The molecule has 152 valence electrons. The molecule has 1 aliphatic rings. The van der Waals surface area contributed by atoms with Crippen molar-refractivity contribution in [3.8, 4) is 5.75 Å². The van der Waals surface area contributed by atoms with E-state index in [9.17, 15) is 14.0 Å². The largest absolute Gasteiger partial charge is 0.494 e. The Balaban J connectivity index is 1.99. The molecule has 2 aromatic rings. The molecule has 0 atom stereocenters. The molecule has 29 heavy (non-hydrogen) atoms. The van der Waals surface area contributed by atoms with Crippen molar-refractivity contribution in [3.05, 3.63) is 65.6 Å². The number of hydrogen-bond acceptors (Lipinski definition) is 4. The van der Waals surface area contributed by atoms with E-state index < -0.39 is 11.7 Å². The Bertz CT molecular complexity index is 935. The van der Waals surface area contributed by atoms with Gasteiger partial charge in [-0.05, 0) is 48.2 Å². The maximum atomic E-state index is 13.6. The maximum absolute atomic E-state index is 13.6. The van der Waals surface area contributed by atoms with E-state index in [0.29, 0.717) is 30.2 Å². The lowest BCUT2D eigenvalue weighted by Gasteiger charge is -2.17. The molecule has 0 unspecified atom stereocenters. The van der Waals surface area contributed by atoms with Crippen LogP contribution in [0.3, 0.4) is 0 Å². The Kier molecular flexibility index (Phi) is 6.32. The van der Waals surface area contributed by atoms with Gasteiger partial charge in [0, 0.05) is 12.2 Å². The lowest BCUT2D eigenvalue weighted by molar-refractivity contribution is -0.137. The Morgan fingerprint density at radius 2 is 1.79 bits per heavy atom. The van der Waals surface area contributed by atoms with Crippen LogP contribution >= 0.6 is 0 Å². The van der Waals surface area contributed by atoms with Crippen LogP contribution in [0.2, 0.25) is 0 Å². The van der Waals surface area contributed by atoms with Crippen LogP contribution in [-0.2, 0) is 9.59 Å². The van der Waals surface area contributed by atoms with Gasteiger partial charge in [-0.15, -0.1) is 0 Å². The average molecular weight is 396 g/mol. The van der Waals surface area contributed by atoms with Crippen LogP contribution in [0, 0.1) is 11.7 Å². The summed E-state index contributed by atoms with van der Waals surface area (Å²) in [6.45, 7) is 6.83. The van der Waals surface area contributed by atoms with Gasteiger partial charge < -0.3 is 10.1 Å². The number of ether oxygens (including phenoxy) is 1. The van der Waals surface area contributed by atoms with E-state index in [-0.39, 0.29) is 23.1 Å². The van der Waals surface area contributed by atoms with Crippen LogP contribution in [0.4, 0.5) is 10.1 Å². The third-order valence-electron chi connectivity index (χ3n) is 4.43. The van der Waals surface area contributed by atoms with E-state index in [1.807, 2.05) is 20.8 Å². The molecule has 0 bridgehead atoms. The zero-order valence-electron chi connectivity index (χ0n) is 16.9. The van der Waals surface area contributed by atoms with Crippen LogP contribution in [-0.4, -0.2) is 29.9 Å². The number of anilines is 1. The summed E-state index contributed by atoms with van der Waals surface area (Å²) >= 11 is 0. The van der Waals surface area contributed by atoms with Crippen LogP contribution in [0.1, 0.15) is 32.8 Å². The second kappa shape index (κ2) is 8.90. The predicted octanol–water partition coefficient (Wildman–Crippen LogP) is 4.46. The van der Waals surface area contributed by atoms with Gasteiger partial charge in [0.25, 0.3) is 11.8 Å². The average Bonchev–Trinajstić information content (AvgIpc) is 2.91. The van der Waals surface area contributed by atoms with Crippen molar-refractivity contribution in [2.24, 2.45) is 5.92 Å². The number of rotatable bonds is 8. The molecule has 5 nitrogen and oxygen atoms in total. The normalized spacial score (nSPS) is 14.2. The number of carbonyl (C=O) groups excluding carboxylic acids is 2. The number of benzene rings is 2. The van der Waals surface area contributed by atoms with E-state index >= 15 is 0 Å². The topological polar surface area (TPSA) is 58.6 Å². The van der Waals surface area contributed by atoms with Crippen LogP contribution in [0.15, 0.2) is 54.2 Å². The van der Waals surface area contributed by atoms with Crippen LogP contribution in [0.25, 0.3) is 5.57 Å². The fourth-order valence-electron chi connectivity index (χ4n) is 3.14. The van der Waals surface area contributed by atoms with Crippen molar-refractivity contribution in [1.29, 1.82) is 0 Å². The molecule has 1 N–H and O–H groups in total. The molecule has 2 aromatic carbocycles. The quantitative estimate of drug-likeness (QED) is 0.669. The molecule has 0 radical (unpaired) electrons. The molecule has 1 heterocycles. The summed E-state index contributed by atoms with van der Waals surface area (Å²) in [6, 6.07) is 12.9. The molecular weight excluding hydrogens is 371 g/mol. The highest BCUT2D eigenvalue weighted by atomic mass is 19.1. The molecule has 0 fully saturated rings. The Hall–Kier alpha value is -3.15. The number of nitrogens with zero attached hydrogens (tertiary/aromatic N) is 1. The van der Waals surface area contributed by atoms with Crippen LogP contribution < -0.4 is 10.1 Å². The number of hydrogen-bond donors (Lipinski definition) is 1. The first-order chi connectivity index (χ1) is 13.9. The molecule has 2 amide bonds. The number of carbonyl (C=O) groups is 2. The zero-order valence-corrected chi connectivity index (χ0v) is 16.9. The second-order valence-corrected chi connectivity index (χ2v) is 7.37. The van der Waals surface area contributed by atoms with Gasteiger partial charge in [-0.25, -0.2) is 4.39 Å². The van der Waals surface area contributed by atoms with Crippen molar-refractivity contribution in [2.45, 2.75) is 27.2 Å². The molecule has 0 saturated carbocycles. The summed E-state index contributed by atoms with van der Waals surface area (Å²) < 4.78 is 19.2. The van der Waals surface area contributed by atoms with E-state index in [1.165, 1.54) is 17.0 Å². The third kappa shape index (κ3) is 4.65. The molecule has 1 aliphatic heterocycles. The molecule has 0 aromatic heterocycles. The van der Waals surface area contributed by atoms with Crippen molar-refractivity contribution in [3.63, 3.8) is 0 Å². The lowest BCUT2D eigenvalue weighted by Crippen LogP contribution is -2.35. The van der Waals surface area contributed by atoms with Crippen molar-refractivity contribution in [2.75, 3.05) is 18.5 Å². The molecule has 0 spiro atoms. The SMILES string of the molecule is CCCOc1ccc(C2=C(Nc3cccc(F)c3)C(=O)N(CC(C)C)C2=O)cc1. The first kappa shape index (κ1) is 20.6. The summed E-state index contributed by atoms with van der Waals surface area (Å²) in [7, 11) is 0. The highest BCUT2D eigenvalue weighted by molar-refractivity contribution is 6.36. The van der Waals surface area contributed by atoms with E-state index in [0.717, 1.165) is 6.42 Å². The standard InChI is InChI=1S/C23H25FN2O3/c1-4-12-29-19-10-8-16(9-11-19)20-21(25-18-7-5-6-17(24)13-18)23(28)26(22(20)27)14-15(2)3/h5-11,13,15,25H,4,12,14H2,1-3H3. The van der Waals surface area contributed by atoms with Gasteiger partial charge in [0.1, 0.15) is 17.3 Å². The molecule has 0 aliphatic carbocycles. The maximum Gasteiger partial charge on any atom is 0.278 e. The highest BCUT2D eigenvalue weighted by Gasteiger charge is 2.39. The zero-order chi connectivity index (χ0) is 21.0. The van der Waals surface area contributed by atoms with Crippen molar-refractivity contribution >= 4 is 23.1 Å². The molecule has 6 heteroatoms. The highest BCUT2D eigenvalue weighted by Crippen LogP contribution is 2.32. The summed E-state index contributed by atoms with van der Waals surface area (Å²) in [6.07, 6.45) is 0.895. The van der Waals surface area contributed by atoms with Gasteiger partial charge in [-0.1, -0.05) is 39.0 Å². The van der Waals surface area contributed by atoms with Gasteiger partial charge in [-0.3, -0.25) is 14.5 Å². The summed E-state index contributed by atoms with van der Waals surface area (Å²) in [5.74, 6) is -0.362. The van der Waals surface area contributed by atoms with Gasteiger partial charge in [0.2, 0.25) is 0 Å². The minimum Gasteiger partial charge on any atom is -0.494 e. The fourth-order valence-corrected chi connectivity index (χ4v) is 3.14. The third-order valence-corrected chi connectivity index (χ3v) is 4.43. The first-order valence-corrected chi connectivity index (χ1v) is 9.77. The van der Waals surface area contributed by atoms with Crippen LogP contribution in [0.5, 0.6) is 5.75 Å². The predicted molar refractivity (Wildman–Crippen MR) is 111 cm³/mol. The summed E-state index contributed by atoms with van der Waals surface area (Å²) in [5.41, 5.74) is 1.45. The lowest BCUT2D eigenvalue weighted by atomic mass is 10.0. The van der Waals surface area contributed by atoms with Gasteiger partial charge in [-0.2, -0.15) is 0 Å². The number of nitrogens with one attached hydrogen (secondary N) is 1. The summed E-state index contributed by atoms with van der Waals surface area (Å²) in [4.78, 5) is 27.3.